The van der Waals surface area contributed by atoms with Crippen molar-refractivity contribution in [2.24, 2.45) is 5.92 Å². The molecule has 3 nitrogen and oxygen atoms in total. The average Bonchev–Trinajstić information content (AvgIpc) is 2.81. The van der Waals surface area contributed by atoms with E-state index in [9.17, 15) is 5.11 Å². The second-order valence-electron chi connectivity index (χ2n) is 5.13. The summed E-state index contributed by atoms with van der Waals surface area (Å²) in [6, 6.07) is 2.68. The zero-order chi connectivity index (χ0) is 12.3. The first-order chi connectivity index (χ1) is 8.20. The van der Waals surface area contributed by atoms with Gasteiger partial charge in [0.1, 0.15) is 0 Å². The van der Waals surface area contributed by atoms with Crippen LogP contribution in [0.3, 0.4) is 0 Å². The molecule has 2 rings (SSSR count). The predicted octanol–water partition coefficient (Wildman–Crippen LogP) is 1.49. The van der Waals surface area contributed by atoms with Gasteiger partial charge in [0.25, 0.3) is 0 Å². The Morgan fingerprint density at radius 3 is 2.94 bits per heavy atom. The number of aliphatic hydroxyl groups excluding tert-OH is 1. The van der Waals surface area contributed by atoms with Gasteiger partial charge < -0.3 is 10.0 Å². The number of likely N-dealkylation sites (N-methyl/N-ethyl adjacent to an activating group) is 1. The lowest BCUT2D eigenvalue weighted by molar-refractivity contribution is 0.0461. The maximum atomic E-state index is 9.41. The first-order valence-electron chi connectivity index (χ1n) is 6.21. The highest BCUT2D eigenvalue weighted by atomic mass is 32.1. The lowest BCUT2D eigenvalue weighted by Crippen LogP contribution is -2.51. The van der Waals surface area contributed by atoms with Crippen LogP contribution in [0.1, 0.15) is 12.0 Å². The van der Waals surface area contributed by atoms with Crippen molar-refractivity contribution in [2.75, 3.05) is 33.8 Å². The Hall–Kier alpha value is -0.420. The lowest BCUT2D eigenvalue weighted by atomic mass is 9.91. The fourth-order valence-corrected chi connectivity index (χ4v) is 3.29. The van der Waals surface area contributed by atoms with Crippen molar-refractivity contribution in [3.05, 3.63) is 22.4 Å². The van der Waals surface area contributed by atoms with Gasteiger partial charge in [-0.1, -0.05) is 0 Å². The van der Waals surface area contributed by atoms with E-state index in [1.165, 1.54) is 5.56 Å². The number of nitrogens with zero attached hydrogens (tertiary/aromatic N) is 2. The molecule has 0 saturated carbocycles. The maximum Gasteiger partial charge on any atom is 0.0475 e. The van der Waals surface area contributed by atoms with E-state index in [0.29, 0.717) is 18.6 Å². The number of piperidine rings is 1. The van der Waals surface area contributed by atoms with Crippen molar-refractivity contribution < 1.29 is 5.11 Å². The molecule has 4 heteroatoms. The van der Waals surface area contributed by atoms with E-state index >= 15 is 0 Å². The Balaban J connectivity index is 1.94. The van der Waals surface area contributed by atoms with Crippen LogP contribution in [0.25, 0.3) is 0 Å². The predicted molar refractivity (Wildman–Crippen MR) is 72.3 cm³/mol. The van der Waals surface area contributed by atoms with Gasteiger partial charge in [-0.15, -0.1) is 0 Å². The van der Waals surface area contributed by atoms with Crippen molar-refractivity contribution in [1.29, 1.82) is 0 Å². The summed E-state index contributed by atoms with van der Waals surface area (Å²) in [5.41, 5.74) is 1.41. The van der Waals surface area contributed by atoms with E-state index < -0.39 is 0 Å². The van der Waals surface area contributed by atoms with Gasteiger partial charge in [0, 0.05) is 25.7 Å². The van der Waals surface area contributed by atoms with Crippen molar-refractivity contribution >= 4 is 11.3 Å². The summed E-state index contributed by atoms with van der Waals surface area (Å²) in [6.45, 7) is 3.53. The molecule has 0 amide bonds. The van der Waals surface area contributed by atoms with Gasteiger partial charge in [0.2, 0.25) is 0 Å². The maximum absolute atomic E-state index is 9.41. The smallest absolute Gasteiger partial charge is 0.0475 e. The molecule has 0 unspecified atom stereocenters. The average molecular weight is 254 g/mol. The van der Waals surface area contributed by atoms with E-state index in [4.69, 9.17) is 0 Å². The molecular formula is C13H22N2OS. The van der Waals surface area contributed by atoms with Crippen molar-refractivity contribution in [3.63, 3.8) is 0 Å². The van der Waals surface area contributed by atoms with Crippen molar-refractivity contribution in [3.8, 4) is 0 Å². The van der Waals surface area contributed by atoms with Gasteiger partial charge >= 0.3 is 0 Å². The van der Waals surface area contributed by atoms with Crippen LogP contribution in [0.4, 0.5) is 0 Å². The van der Waals surface area contributed by atoms with E-state index in [1.807, 2.05) is 0 Å². The summed E-state index contributed by atoms with van der Waals surface area (Å²) in [7, 11) is 4.23. The third-order valence-electron chi connectivity index (χ3n) is 3.69. The van der Waals surface area contributed by atoms with Crippen LogP contribution in [-0.2, 0) is 6.54 Å². The molecule has 96 valence electrons. The molecule has 0 aromatic carbocycles. The molecule has 0 aliphatic carbocycles. The zero-order valence-electron chi connectivity index (χ0n) is 10.7. The molecule has 17 heavy (non-hydrogen) atoms. The van der Waals surface area contributed by atoms with E-state index in [0.717, 1.165) is 26.1 Å². The lowest BCUT2D eigenvalue weighted by Gasteiger charge is -2.41. The van der Waals surface area contributed by atoms with Gasteiger partial charge in [-0.05, 0) is 55.4 Å². The number of likely N-dealkylation sites (tertiary alicyclic amines) is 1. The topological polar surface area (TPSA) is 26.7 Å². The minimum absolute atomic E-state index is 0.315. The summed E-state index contributed by atoms with van der Waals surface area (Å²) < 4.78 is 0. The van der Waals surface area contributed by atoms with Crippen molar-refractivity contribution in [2.45, 2.75) is 19.0 Å². The standard InChI is InChI=1S/C13H22N2OS/c1-14(2)13-8-15(5-3-12(13)9-16)7-11-4-6-17-10-11/h4,6,10,12-13,16H,3,5,7-9H2,1-2H3/t12-,13-/m1/s1. The number of hydrogen-bond acceptors (Lipinski definition) is 4. The van der Waals surface area contributed by atoms with Crippen LogP contribution >= 0.6 is 11.3 Å². The number of aliphatic hydroxyl groups is 1. The normalized spacial score (nSPS) is 26.6. The third kappa shape index (κ3) is 3.28. The second kappa shape index (κ2) is 5.96. The second-order valence-corrected chi connectivity index (χ2v) is 5.91. The highest BCUT2D eigenvalue weighted by Gasteiger charge is 2.29. The molecule has 1 fully saturated rings. The molecular weight excluding hydrogens is 232 g/mol. The minimum Gasteiger partial charge on any atom is -0.396 e. The van der Waals surface area contributed by atoms with Crippen LogP contribution < -0.4 is 0 Å². The summed E-state index contributed by atoms with van der Waals surface area (Å²) >= 11 is 1.76. The Kier molecular flexibility index (Phi) is 4.56. The van der Waals surface area contributed by atoms with Gasteiger partial charge in [0.05, 0.1) is 0 Å². The highest BCUT2D eigenvalue weighted by Crippen LogP contribution is 2.22. The molecule has 0 bridgehead atoms. The van der Waals surface area contributed by atoms with Crippen LogP contribution in [0.15, 0.2) is 16.8 Å². The first kappa shape index (κ1) is 13.0. The molecule has 1 aromatic rings. The van der Waals surface area contributed by atoms with Gasteiger partial charge in [-0.3, -0.25) is 4.90 Å². The van der Waals surface area contributed by atoms with Crippen LogP contribution in [-0.4, -0.2) is 54.7 Å². The monoisotopic (exact) mass is 254 g/mol. The Bertz CT molecular complexity index is 326. The fraction of sp³-hybridized carbons (Fsp3) is 0.692. The minimum atomic E-state index is 0.315. The van der Waals surface area contributed by atoms with Crippen molar-refractivity contribution in [1.82, 2.24) is 9.80 Å². The molecule has 2 atom stereocenters. The van der Waals surface area contributed by atoms with Gasteiger partial charge in [0.15, 0.2) is 0 Å². The van der Waals surface area contributed by atoms with E-state index in [2.05, 4.69) is 40.7 Å². The Labute approximate surface area is 108 Å². The quantitative estimate of drug-likeness (QED) is 0.882. The van der Waals surface area contributed by atoms with Gasteiger partial charge in [-0.2, -0.15) is 11.3 Å². The molecule has 1 N–H and O–H groups in total. The fourth-order valence-electron chi connectivity index (χ4n) is 2.63. The number of hydrogen-bond donors (Lipinski definition) is 1. The SMILES string of the molecule is CN(C)[C@@H]1CN(Cc2ccsc2)CC[C@@H]1CO. The number of thiophene rings is 1. The molecule has 2 heterocycles. The Morgan fingerprint density at radius 1 is 1.53 bits per heavy atom. The largest absolute Gasteiger partial charge is 0.396 e. The molecule has 1 aromatic heterocycles. The van der Waals surface area contributed by atoms with E-state index in [-0.39, 0.29) is 0 Å². The highest BCUT2D eigenvalue weighted by molar-refractivity contribution is 7.07. The summed E-state index contributed by atoms with van der Waals surface area (Å²) in [5, 5.41) is 13.8. The first-order valence-corrected chi connectivity index (χ1v) is 7.15. The molecule has 1 aliphatic rings. The van der Waals surface area contributed by atoms with E-state index in [1.54, 1.807) is 11.3 Å². The van der Waals surface area contributed by atoms with Crippen LogP contribution in [0, 0.1) is 5.92 Å². The van der Waals surface area contributed by atoms with Crippen LogP contribution in [0.2, 0.25) is 0 Å². The molecule has 0 spiro atoms. The third-order valence-corrected chi connectivity index (χ3v) is 4.42. The number of rotatable bonds is 4. The molecule has 1 aliphatic heterocycles. The van der Waals surface area contributed by atoms with Gasteiger partial charge in [-0.25, -0.2) is 0 Å². The van der Waals surface area contributed by atoms with Crippen LogP contribution in [0.5, 0.6) is 0 Å². The molecule has 1 saturated heterocycles. The summed E-state index contributed by atoms with van der Waals surface area (Å²) in [4.78, 5) is 4.75. The zero-order valence-corrected chi connectivity index (χ0v) is 11.5. The summed E-state index contributed by atoms with van der Waals surface area (Å²) in [6.07, 6.45) is 1.10. The molecule has 0 radical (unpaired) electrons. The summed E-state index contributed by atoms with van der Waals surface area (Å²) in [5.74, 6) is 0.434. The Morgan fingerprint density at radius 2 is 2.35 bits per heavy atom.